The van der Waals surface area contributed by atoms with Crippen molar-refractivity contribution in [3.63, 3.8) is 0 Å². The number of benzene rings is 1. The summed E-state index contributed by atoms with van der Waals surface area (Å²) >= 11 is 0. The van der Waals surface area contributed by atoms with Crippen molar-refractivity contribution >= 4 is 16.7 Å². The second-order valence-corrected chi connectivity index (χ2v) is 6.55. The summed E-state index contributed by atoms with van der Waals surface area (Å²) in [5, 5.41) is 8.69. The minimum absolute atomic E-state index is 0.0202. The summed E-state index contributed by atoms with van der Waals surface area (Å²) in [5.41, 5.74) is -0.573. The topological polar surface area (TPSA) is 64.0 Å². The first-order valence-electron chi connectivity index (χ1n) is 7.58. The van der Waals surface area contributed by atoms with E-state index < -0.39 is 5.41 Å². The van der Waals surface area contributed by atoms with Gasteiger partial charge in [0.15, 0.2) is 0 Å². The molecule has 118 valence electrons. The Morgan fingerprint density at radius 3 is 2.64 bits per heavy atom. The van der Waals surface area contributed by atoms with E-state index in [-0.39, 0.29) is 17.5 Å². The smallest absolute Gasteiger partial charge is 0.274 e. The third-order valence-corrected chi connectivity index (χ3v) is 3.66. The number of carbonyl (C=O) groups is 1. The van der Waals surface area contributed by atoms with E-state index >= 15 is 0 Å². The van der Waals surface area contributed by atoms with Crippen LogP contribution in [0.2, 0.25) is 0 Å². The predicted molar refractivity (Wildman–Crippen MR) is 87.7 cm³/mol. The average Bonchev–Trinajstić information content (AvgIpc) is 2.48. The van der Waals surface area contributed by atoms with Crippen molar-refractivity contribution in [3.05, 3.63) is 40.8 Å². The number of aromatic nitrogens is 2. The fourth-order valence-corrected chi connectivity index (χ4v) is 2.15. The minimum Gasteiger partial charge on any atom is -0.351 e. The van der Waals surface area contributed by atoms with Gasteiger partial charge in [0, 0.05) is 16.8 Å². The molecule has 0 unspecified atom stereocenters. The zero-order valence-electron chi connectivity index (χ0n) is 13.6. The molecule has 1 atom stereocenters. The van der Waals surface area contributed by atoms with E-state index in [1.165, 1.54) is 4.68 Å². The van der Waals surface area contributed by atoms with Crippen LogP contribution in [0.25, 0.3) is 10.8 Å². The van der Waals surface area contributed by atoms with Crippen molar-refractivity contribution < 1.29 is 4.79 Å². The van der Waals surface area contributed by atoms with Crippen molar-refractivity contribution in [3.8, 4) is 0 Å². The first-order chi connectivity index (χ1) is 10.3. The highest BCUT2D eigenvalue weighted by atomic mass is 16.2. The summed E-state index contributed by atoms with van der Waals surface area (Å²) in [7, 11) is 0. The first kappa shape index (κ1) is 16.2. The van der Waals surface area contributed by atoms with Gasteiger partial charge in [-0.1, -0.05) is 45.9 Å². The van der Waals surface area contributed by atoms with E-state index in [4.69, 9.17) is 0 Å². The summed E-state index contributed by atoms with van der Waals surface area (Å²) in [6.07, 6.45) is 2.43. The van der Waals surface area contributed by atoms with Crippen molar-refractivity contribution in [2.24, 2.45) is 5.41 Å². The standard InChI is InChI=1S/C17H23N3O2/c1-5-13(19-16(22)17(2,3)4)11-20-15(21)14-9-7-6-8-12(14)10-18-20/h6-10,13H,5,11H2,1-4H3,(H,19,22)/t13-/m1/s1. The zero-order chi connectivity index (χ0) is 16.3. The maximum Gasteiger partial charge on any atom is 0.274 e. The Kier molecular flexibility index (Phi) is 4.64. The molecule has 0 fully saturated rings. The second-order valence-electron chi connectivity index (χ2n) is 6.55. The van der Waals surface area contributed by atoms with E-state index in [9.17, 15) is 9.59 Å². The van der Waals surface area contributed by atoms with Gasteiger partial charge in [-0.05, 0) is 12.5 Å². The van der Waals surface area contributed by atoms with Crippen LogP contribution < -0.4 is 10.9 Å². The van der Waals surface area contributed by atoms with Gasteiger partial charge in [0.25, 0.3) is 5.56 Å². The fraction of sp³-hybridized carbons (Fsp3) is 0.471. The van der Waals surface area contributed by atoms with Crippen molar-refractivity contribution in [1.29, 1.82) is 0 Å². The van der Waals surface area contributed by atoms with Crippen molar-refractivity contribution in [2.75, 3.05) is 0 Å². The second kappa shape index (κ2) is 6.30. The van der Waals surface area contributed by atoms with Crippen molar-refractivity contribution in [2.45, 2.75) is 46.7 Å². The van der Waals surface area contributed by atoms with Gasteiger partial charge in [0.05, 0.1) is 18.1 Å². The van der Waals surface area contributed by atoms with Crippen molar-refractivity contribution in [1.82, 2.24) is 15.1 Å². The molecule has 2 aromatic rings. The lowest BCUT2D eigenvalue weighted by atomic mass is 9.95. The Balaban J connectivity index is 2.23. The Morgan fingerprint density at radius 1 is 1.32 bits per heavy atom. The normalized spacial score (nSPS) is 13.1. The third kappa shape index (κ3) is 3.53. The molecular formula is C17H23N3O2. The van der Waals surface area contributed by atoms with Crippen LogP contribution in [0.3, 0.4) is 0 Å². The lowest BCUT2D eigenvalue weighted by Gasteiger charge is -2.23. The minimum atomic E-state index is -0.449. The van der Waals surface area contributed by atoms with Crippen LogP contribution in [-0.4, -0.2) is 21.7 Å². The number of amides is 1. The maximum atomic E-state index is 12.5. The molecule has 0 aliphatic heterocycles. The van der Waals surface area contributed by atoms with E-state index in [0.29, 0.717) is 11.9 Å². The Labute approximate surface area is 130 Å². The van der Waals surface area contributed by atoms with E-state index in [2.05, 4.69) is 10.4 Å². The average molecular weight is 301 g/mol. The molecule has 0 saturated carbocycles. The number of carbonyl (C=O) groups excluding carboxylic acids is 1. The molecule has 1 amide bonds. The first-order valence-corrected chi connectivity index (χ1v) is 7.58. The van der Waals surface area contributed by atoms with Crippen LogP contribution in [0.4, 0.5) is 0 Å². The van der Waals surface area contributed by atoms with Crippen LogP contribution in [0.5, 0.6) is 0 Å². The van der Waals surface area contributed by atoms with Gasteiger partial charge in [-0.3, -0.25) is 9.59 Å². The molecule has 1 aromatic carbocycles. The molecule has 2 rings (SSSR count). The van der Waals surface area contributed by atoms with Gasteiger partial charge in [0.2, 0.25) is 5.91 Å². The summed E-state index contributed by atoms with van der Waals surface area (Å²) in [4.78, 5) is 24.6. The summed E-state index contributed by atoms with van der Waals surface area (Å²) in [6.45, 7) is 7.97. The summed E-state index contributed by atoms with van der Waals surface area (Å²) in [5.74, 6) is -0.0202. The van der Waals surface area contributed by atoms with Gasteiger partial charge >= 0.3 is 0 Å². The van der Waals surface area contributed by atoms with Gasteiger partial charge in [0.1, 0.15) is 0 Å². The largest absolute Gasteiger partial charge is 0.351 e. The molecule has 0 saturated heterocycles. The molecule has 22 heavy (non-hydrogen) atoms. The summed E-state index contributed by atoms with van der Waals surface area (Å²) < 4.78 is 1.43. The molecule has 5 nitrogen and oxygen atoms in total. The summed E-state index contributed by atoms with van der Waals surface area (Å²) in [6, 6.07) is 7.27. The number of hydrogen-bond acceptors (Lipinski definition) is 3. The van der Waals surface area contributed by atoms with Gasteiger partial charge in [-0.2, -0.15) is 5.10 Å². The van der Waals surface area contributed by atoms with E-state index in [1.54, 1.807) is 12.3 Å². The monoisotopic (exact) mass is 301 g/mol. The van der Waals surface area contributed by atoms with Gasteiger partial charge < -0.3 is 5.32 Å². The molecule has 0 aliphatic carbocycles. The maximum absolute atomic E-state index is 12.5. The molecule has 0 bridgehead atoms. The van der Waals surface area contributed by atoms with Crippen LogP contribution in [0, 0.1) is 5.41 Å². The highest BCUT2D eigenvalue weighted by Crippen LogP contribution is 2.13. The molecular weight excluding hydrogens is 278 g/mol. The number of nitrogens with zero attached hydrogens (tertiary/aromatic N) is 2. The molecule has 1 aromatic heterocycles. The van der Waals surface area contributed by atoms with Crippen LogP contribution in [0.1, 0.15) is 34.1 Å². The SMILES string of the molecule is CC[C@H](Cn1ncc2ccccc2c1=O)NC(=O)C(C)(C)C. The Morgan fingerprint density at radius 2 is 2.00 bits per heavy atom. The predicted octanol–water partition coefficient (Wildman–Crippen LogP) is 2.34. The fourth-order valence-electron chi connectivity index (χ4n) is 2.15. The van der Waals surface area contributed by atoms with Crippen LogP contribution in [0.15, 0.2) is 35.3 Å². The van der Waals surface area contributed by atoms with E-state index in [0.717, 1.165) is 11.8 Å². The Hall–Kier alpha value is -2.17. The zero-order valence-corrected chi connectivity index (χ0v) is 13.6. The Bertz CT molecular complexity index is 728. The highest BCUT2D eigenvalue weighted by molar-refractivity contribution is 5.81. The lowest BCUT2D eigenvalue weighted by Crippen LogP contribution is -2.45. The number of hydrogen-bond donors (Lipinski definition) is 1. The molecule has 0 radical (unpaired) electrons. The van der Waals surface area contributed by atoms with Crippen LogP contribution in [-0.2, 0) is 11.3 Å². The van der Waals surface area contributed by atoms with E-state index in [1.807, 2.05) is 45.9 Å². The molecule has 1 N–H and O–H groups in total. The number of rotatable bonds is 4. The third-order valence-electron chi connectivity index (χ3n) is 3.66. The molecule has 5 heteroatoms. The quantitative estimate of drug-likeness (QED) is 0.942. The lowest BCUT2D eigenvalue weighted by molar-refractivity contribution is -0.129. The van der Waals surface area contributed by atoms with Gasteiger partial charge in [-0.15, -0.1) is 0 Å². The van der Waals surface area contributed by atoms with Gasteiger partial charge in [-0.25, -0.2) is 4.68 Å². The highest BCUT2D eigenvalue weighted by Gasteiger charge is 2.23. The number of nitrogens with one attached hydrogen (secondary N) is 1. The molecule has 0 spiro atoms. The molecule has 1 heterocycles. The number of fused-ring (bicyclic) bond motifs is 1. The van der Waals surface area contributed by atoms with Crippen LogP contribution >= 0.6 is 0 Å². The molecule has 0 aliphatic rings.